The van der Waals surface area contributed by atoms with Crippen molar-refractivity contribution in [3.05, 3.63) is 88.6 Å². The Kier molecular flexibility index (Phi) is 8.30. The van der Waals surface area contributed by atoms with E-state index in [0.717, 1.165) is 60.6 Å². The summed E-state index contributed by atoms with van der Waals surface area (Å²) in [5, 5.41) is 9.95. The summed E-state index contributed by atoms with van der Waals surface area (Å²) >= 11 is 6.06. The SMILES string of the molecule is CC(CC(=O)O)Oc1cccc2c1CC(=CCCN1CCC(c3ccc(Cl)cc3)CC1)c1cccnc1O2. The summed E-state index contributed by atoms with van der Waals surface area (Å²) < 4.78 is 12.3. The maximum atomic E-state index is 11.2. The highest BCUT2D eigenvalue weighted by Crippen LogP contribution is 2.42. The standard InChI is InChI=1S/C31H33ClN2O4/c1-21(19-30(35)36)37-28-7-2-8-29-27(28)20-24(26-6-3-15-33-31(26)38-29)5-4-16-34-17-13-23(14-18-34)22-9-11-25(32)12-10-22/h2-3,5-12,15,21,23H,4,13-14,16-20H2,1H3,(H,35,36). The Labute approximate surface area is 228 Å². The van der Waals surface area contributed by atoms with E-state index in [-0.39, 0.29) is 6.42 Å². The lowest BCUT2D eigenvalue weighted by Crippen LogP contribution is -2.33. The molecule has 1 unspecified atom stereocenters. The second kappa shape index (κ2) is 12.0. The third-order valence-electron chi connectivity index (χ3n) is 7.34. The molecule has 3 aromatic rings. The lowest BCUT2D eigenvalue weighted by atomic mass is 9.89. The van der Waals surface area contributed by atoms with Gasteiger partial charge in [0, 0.05) is 35.3 Å². The number of rotatable bonds is 8. The number of aromatic nitrogens is 1. The van der Waals surface area contributed by atoms with Gasteiger partial charge in [-0.25, -0.2) is 4.98 Å². The summed E-state index contributed by atoms with van der Waals surface area (Å²) in [5.74, 6) is 1.64. The summed E-state index contributed by atoms with van der Waals surface area (Å²) in [7, 11) is 0. The first-order chi connectivity index (χ1) is 18.5. The molecule has 0 radical (unpaired) electrons. The molecule has 0 spiro atoms. The summed E-state index contributed by atoms with van der Waals surface area (Å²) in [6.07, 6.45) is 7.37. The van der Waals surface area contributed by atoms with Gasteiger partial charge in [-0.2, -0.15) is 0 Å². The number of pyridine rings is 1. The van der Waals surface area contributed by atoms with Gasteiger partial charge in [0.1, 0.15) is 17.6 Å². The molecule has 5 rings (SSSR count). The molecule has 6 nitrogen and oxygen atoms in total. The number of ether oxygens (including phenoxy) is 2. The number of aliphatic carboxylic acids is 1. The predicted octanol–water partition coefficient (Wildman–Crippen LogP) is 6.98. The molecule has 198 valence electrons. The van der Waals surface area contributed by atoms with E-state index in [0.29, 0.717) is 29.7 Å². The van der Waals surface area contributed by atoms with E-state index < -0.39 is 12.1 Å². The Hall–Kier alpha value is -3.35. The fourth-order valence-corrected chi connectivity index (χ4v) is 5.49. The molecule has 2 aliphatic heterocycles. The molecule has 1 saturated heterocycles. The van der Waals surface area contributed by atoms with Crippen molar-refractivity contribution in [1.29, 1.82) is 0 Å². The summed E-state index contributed by atoms with van der Waals surface area (Å²) in [4.78, 5) is 18.2. The molecule has 0 bridgehead atoms. The molecule has 1 fully saturated rings. The summed E-state index contributed by atoms with van der Waals surface area (Å²) in [6.45, 7) is 4.93. The Bertz CT molecular complexity index is 1300. The van der Waals surface area contributed by atoms with Crippen LogP contribution in [0.5, 0.6) is 17.4 Å². The first kappa shape index (κ1) is 26.3. The number of benzene rings is 2. The van der Waals surface area contributed by atoms with E-state index >= 15 is 0 Å². The van der Waals surface area contributed by atoms with E-state index in [1.807, 2.05) is 42.5 Å². The number of carboxylic acid groups (broad SMARTS) is 1. The average molecular weight is 533 g/mol. The van der Waals surface area contributed by atoms with Crippen molar-refractivity contribution in [2.24, 2.45) is 0 Å². The minimum atomic E-state index is -0.884. The maximum Gasteiger partial charge on any atom is 0.307 e. The zero-order valence-corrected chi connectivity index (χ0v) is 22.4. The minimum absolute atomic E-state index is 0.0658. The normalized spacial score (nSPS) is 17.7. The quantitative estimate of drug-likeness (QED) is 0.337. The van der Waals surface area contributed by atoms with E-state index in [1.54, 1.807) is 13.1 Å². The Morgan fingerprint density at radius 1 is 1.18 bits per heavy atom. The van der Waals surface area contributed by atoms with Crippen LogP contribution < -0.4 is 9.47 Å². The number of hydrogen-bond donors (Lipinski definition) is 1. The Morgan fingerprint density at radius 3 is 2.74 bits per heavy atom. The molecule has 0 saturated carbocycles. The van der Waals surface area contributed by atoms with Crippen LogP contribution in [0, 0.1) is 0 Å². The number of piperidine rings is 1. The van der Waals surface area contributed by atoms with Crippen LogP contribution in [0.4, 0.5) is 0 Å². The van der Waals surface area contributed by atoms with Gasteiger partial charge in [0.25, 0.3) is 0 Å². The number of fused-ring (bicyclic) bond motifs is 2. The first-order valence-corrected chi connectivity index (χ1v) is 13.6. The number of likely N-dealkylation sites (tertiary alicyclic amines) is 1. The highest BCUT2D eigenvalue weighted by molar-refractivity contribution is 6.30. The number of carboxylic acids is 1. The second-order valence-electron chi connectivity index (χ2n) is 10.1. The van der Waals surface area contributed by atoms with Crippen molar-refractivity contribution < 1.29 is 19.4 Å². The van der Waals surface area contributed by atoms with Gasteiger partial charge in [0.05, 0.1) is 6.42 Å². The number of hydrogen-bond acceptors (Lipinski definition) is 5. The van der Waals surface area contributed by atoms with Gasteiger partial charge < -0.3 is 19.5 Å². The summed E-state index contributed by atoms with van der Waals surface area (Å²) in [5.41, 5.74) is 4.42. The molecule has 1 N–H and O–H groups in total. The van der Waals surface area contributed by atoms with Crippen molar-refractivity contribution in [1.82, 2.24) is 9.88 Å². The van der Waals surface area contributed by atoms with E-state index in [2.05, 4.69) is 28.1 Å². The Balaban J connectivity index is 1.28. The molecular weight excluding hydrogens is 500 g/mol. The highest BCUT2D eigenvalue weighted by atomic mass is 35.5. The zero-order chi connectivity index (χ0) is 26.5. The van der Waals surface area contributed by atoms with Crippen LogP contribution in [0.1, 0.15) is 55.2 Å². The topological polar surface area (TPSA) is 71.9 Å². The van der Waals surface area contributed by atoms with Gasteiger partial charge in [-0.1, -0.05) is 35.9 Å². The first-order valence-electron chi connectivity index (χ1n) is 13.3. The van der Waals surface area contributed by atoms with Gasteiger partial charge in [-0.3, -0.25) is 4.79 Å². The van der Waals surface area contributed by atoms with Crippen LogP contribution in [0.2, 0.25) is 5.02 Å². The van der Waals surface area contributed by atoms with Crippen LogP contribution in [-0.2, 0) is 11.2 Å². The third kappa shape index (κ3) is 6.37. The second-order valence-corrected chi connectivity index (χ2v) is 10.5. The average Bonchev–Trinajstić information content (AvgIpc) is 3.06. The smallest absolute Gasteiger partial charge is 0.307 e. The molecule has 38 heavy (non-hydrogen) atoms. The molecule has 7 heteroatoms. The van der Waals surface area contributed by atoms with Gasteiger partial charge >= 0.3 is 5.97 Å². The van der Waals surface area contributed by atoms with Crippen molar-refractivity contribution in [3.8, 4) is 17.4 Å². The van der Waals surface area contributed by atoms with Gasteiger partial charge in [0.2, 0.25) is 5.88 Å². The van der Waals surface area contributed by atoms with Gasteiger partial charge in [-0.05, 0) is 92.7 Å². The lowest BCUT2D eigenvalue weighted by Gasteiger charge is -2.32. The van der Waals surface area contributed by atoms with Crippen molar-refractivity contribution in [2.45, 2.75) is 51.0 Å². The largest absolute Gasteiger partial charge is 0.490 e. The molecule has 1 aromatic heterocycles. The van der Waals surface area contributed by atoms with Crippen molar-refractivity contribution in [3.63, 3.8) is 0 Å². The molecule has 2 aliphatic rings. The maximum absolute atomic E-state index is 11.2. The van der Waals surface area contributed by atoms with E-state index in [4.69, 9.17) is 26.2 Å². The van der Waals surface area contributed by atoms with Crippen LogP contribution in [0.25, 0.3) is 5.57 Å². The third-order valence-corrected chi connectivity index (χ3v) is 7.59. The fourth-order valence-electron chi connectivity index (χ4n) is 5.36. The number of nitrogens with zero attached hydrogens (tertiary/aromatic N) is 2. The molecular formula is C31H33ClN2O4. The molecule has 2 aromatic carbocycles. The van der Waals surface area contributed by atoms with Crippen molar-refractivity contribution >= 4 is 23.1 Å². The molecule has 0 amide bonds. The van der Waals surface area contributed by atoms with Gasteiger partial charge in [0.15, 0.2) is 0 Å². The van der Waals surface area contributed by atoms with Crippen molar-refractivity contribution in [2.75, 3.05) is 19.6 Å². The molecule has 3 heterocycles. The number of allylic oxidation sites excluding steroid dienone is 1. The van der Waals surface area contributed by atoms with E-state index in [1.165, 1.54) is 5.56 Å². The predicted molar refractivity (Wildman–Crippen MR) is 149 cm³/mol. The number of halogens is 1. The van der Waals surface area contributed by atoms with E-state index in [9.17, 15) is 4.79 Å². The fraction of sp³-hybridized carbons (Fsp3) is 0.355. The van der Waals surface area contributed by atoms with Crippen LogP contribution in [-0.4, -0.2) is 46.7 Å². The highest BCUT2D eigenvalue weighted by Gasteiger charge is 2.24. The summed E-state index contributed by atoms with van der Waals surface area (Å²) in [6, 6.07) is 17.9. The molecule has 1 atom stereocenters. The van der Waals surface area contributed by atoms with Crippen LogP contribution in [0.3, 0.4) is 0 Å². The Morgan fingerprint density at radius 2 is 1.97 bits per heavy atom. The van der Waals surface area contributed by atoms with Crippen LogP contribution in [0.15, 0.2) is 66.9 Å². The minimum Gasteiger partial charge on any atom is -0.490 e. The monoisotopic (exact) mass is 532 g/mol. The molecule has 0 aliphatic carbocycles. The van der Waals surface area contributed by atoms with Gasteiger partial charge in [-0.15, -0.1) is 0 Å². The van der Waals surface area contributed by atoms with Crippen LogP contribution >= 0.6 is 11.6 Å². The lowest BCUT2D eigenvalue weighted by molar-refractivity contribution is -0.138. The number of carbonyl (C=O) groups is 1. The zero-order valence-electron chi connectivity index (χ0n) is 21.6.